The lowest BCUT2D eigenvalue weighted by molar-refractivity contribution is 0.0951. The van der Waals surface area contributed by atoms with Gasteiger partial charge in [0.2, 0.25) is 0 Å². The fourth-order valence-corrected chi connectivity index (χ4v) is 3.97. The van der Waals surface area contributed by atoms with Gasteiger partial charge in [0.1, 0.15) is 17.2 Å². The van der Waals surface area contributed by atoms with Crippen molar-refractivity contribution in [3.05, 3.63) is 86.9 Å². The van der Waals surface area contributed by atoms with E-state index in [4.69, 9.17) is 26.4 Å². The summed E-state index contributed by atoms with van der Waals surface area (Å²) < 4.78 is 17.5. The van der Waals surface area contributed by atoms with Gasteiger partial charge in [0.15, 0.2) is 4.77 Å². The quantitative estimate of drug-likeness (QED) is 0.391. The molecule has 9 heteroatoms. The minimum absolute atomic E-state index is 0.163. The summed E-state index contributed by atoms with van der Waals surface area (Å²) in [7, 11) is 4.64. The second-order valence-corrected chi connectivity index (χ2v) is 7.75. The molecule has 1 amide bonds. The third kappa shape index (κ3) is 4.38. The first-order valence-electron chi connectivity index (χ1n) is 10.4. The van der Waals surface area contributed by atoms with E-state index in [1.807, 2.05) is 24.3 Å². The molecule has 0 unspecified atom stereocenters. The van der Waals surface area contributed by atoms with Gasteiger partial charge in [0.25, 0.3) is 11.5 Å². The normalized spacial score (nSPS) is 10.7. The zero-order valence-electron chi connectivity index (χ0n) is 18.9. The molecule has 0 radical (unpaired) electrons. The maximum absolute atomic E-state index is 13.3. The fourth-order valence-electron chi connectivity index (χ4n) is 3.68. The van der Waals surface area contributed by atoms with Crippen LogP contribution in [0.15, 0.2) is 65.5 Å². The average Bonchev–Trinajstić information content (AvgIpc) is 2.86. The molecule has 0 spiro atoms. The molecule has 1 heterocycles. The number of rotatable bonds is 7. The lowest BCUT2D eigenvalue weighted by atomic mass is 10.1. The number of aromatic nitrogens is 2. The van der Waals surface area contributed by atoms with Gasteiger partial charge in [-0.1, -0.05) is 18.2 Å². The molecule has 34 heavy (non-hydrogen) atoms. The molecular weight excluding hydrogens is 454 g/mol. The summed E-state index contributed by atoms with van der Waals surface area (Å²) >= 11 is 5.48. The van der Waals surface area contributed by atoms with Crippen LogP contribution in [0.1, 0.15) is 15.9 Å². The Morgan fingerprint density at radius 3 is 2.47 bits per heavy atom. The van der Waals surface area contributed by atoms with Crippen LogP contribution in [-0.2, 0) is 6.54 Å². The average molecular weight is 478 g/mol. The van der Waals surface area contributed by atoms with Crippen molar-refractivity contribution in [3.63, 3.8) is 0 Å². The van der Waals surface area contributed by atoms with E-state index in [2.05, 4.69) is 10.3 Å². The van der Waals surface area contributed by atoms with E-state index in [0.29, 0.717) is 45.9 Å². The Morgan fingerprint density at radius 1 is 0.971 bits per heavy atom. The molecule has 174 valence electrons. The Kier molecular flexibility index (Phi) is 6.65. The van der Waals surface area contributed by atoms with E-state index in [0.717, 1.165) is 5.56 Å². The Balaban J connectivity index is 1.69. The number of carbonyl (C=O) groups is 1. The molecule has 0 saturated carbocycles. The predicted molar refractivity (Wildman–Crippen MR) is 132 cm³/mol. The van der Waals surface area contributed by atoms with E-state index in [9.17, 15) is 9.59 Å². The molecular formula is C25H23N3O5S. The van der Waals surface area contributed by atoms with Crippen molar-refractivity contribution in [2.45, 2.75) is 6.54 Å². The SMILES string of the molecule is COc1ccc(OC)c(-n2c(=S)[nH]c3cc(C(=O)NCc4ccccc4OC)ccc3c2=O)c1. The molecule has 1 aromatic heterocycles. The Labute approximate surface area is 200 Å². The van der Waals surface area contributed by atoms with Crippen molar-refractivity contribution in [2.24, 2.45) is 0 Å². The maximum atomic E-state index is 13.3. The van der Waals surface area contributed by atoms with Gasteiger partial charge in [-0.05, 0) is 48.6 Å². The number of hydrogen-bond donors (Lipinski definition) is 2. The Bertz CT molecular complexity index is 1490. The van der Waals surface area contributed by atoms with Crippen LogP contribution in [-0.4, -0.2) is 36.8 Å². The van der Waals surface area contributed by atoms with Crippen LogP contribution in [0.25, 0.3) is 16.6 Å². The molecule has 0 bridgehead atoms. The van der Waals surface area contributed by atoms with Gasteiger partial charge < -0.3 is 24.5 Å². The summed E-state index contributed by atoms with van der Waals surface area (Å²) in [6, 6.07) is 17.4. The van der Waals surface area contributed by atoms with Crippen LogP contribution < -0.4 is 25.1 Å². The summed E-state index contributed by atoms with van der Waals surface area (Å²) in [5, 5.41) is 3.25. The molecule has 4 rings (SSSR count). The van der Waals surface area contributed by atoms with Crippen LogP contribution in [0.2, 0.25) is 0 Å². The van der Waals surface area contributed by atoms with Crippen LogP contribution in [0.3, 0.4) is 0 Å². The van der Waals surface area contributed by atoms with Gasteiger partial charge >= 0.3 is 0 Å². The maximum Gasteiger partial charge on any atom is 0.266 e. The first kappa shape index (κ1) is 23.1. The number of fused-ring (bicyclic) bond motifs is 1. The number of nitrogens with zero attached hydrogens (tertiary/aromatic N) is 1. The molecule has 8 nitrogen and oxygen atoms in total. The fraction of sp³-hybridized carbons (Fsp3) is 0.160. The summed E-state index contributed by atoms with van der Waals surface area (Å²) in [4.78, 5) is 29.2. The molecule has 0 atom stereocenters. The number of aromatic amines is 1. The van der Waals surface area contributed by atoms with Crippen molar-refractivity contribution in [3.8, 4) is 22.9 Å². The standard InChI is InChI=1S/C25H23N3O5S/c1-31-17-9-11-22(33-3)20(13-17)28-24(30)18-10-8-15(12-19(18)27-25(28)34)23(29)26-14-16-6-4-5-7-21(16)32-2/h4-13H,14H2,1-3H3,(H,26,29)(H,27,34). The lowest BCUT2D eigenvalue weighted by Gasteiger charge is -2.14. The van der Waals surface area contributed by atoms with Crippen LogP contribution in [0.5, 0.6) is 17.2 Å². The molecule has 4 aromatic rings. The van der Waals surface area contributed by atoms with Gasteiger partial charge in [0.05, 0.1) is 37.9 Å². The monoisotopic (exact) mass is 477 g/mol. The second-order valence-electron chi connectivity index (χ2n) is 7.36. The molecule has 0 aliphatic carbocycles. The molecule has 0 aliphatic heterocycles. The van der Waals surface area contributed by atoms with E-state index in [1.165, 1.54) is 18.8 Å². The largest absolute Gasteiger partial charge is 0.497 e. The van der Waals surface area contributed by atoms with Crippen molar-refractivity contribution < 1.29 is 19.0 Å². The van der Waals surface area contributed by atoms with E-state index in [-0.39, 0.29) is 16.2 Å². The number of benzene rings is 3. The van der Waals surface area contributed by atoms with Crippen LogP contribution >= 0.6 is 12.2 Å². The highest BCUT2D eigenvalue weighted by molar-refractivity contribution is 7.71. The molecule has 2 N–H and O–H groups in total. The number of H-pyrrole nitrogens is 1. The third-order valence-electron chi connectivity index (χ3n) is 5.42. The Morgan fingerprint density at radius 2 is 1.74 bits per heavy atom. The highest BCUT2D eigenvalue weighted by atomic mass is 32.1. The number of carbonyl (C=O) groups excluding carboxylic acids is 1. The summed E-state index contributed by atoms with van der Waals surface area (Å²) in [6.45, 7) is 0.300. The minimum atomic E-state index is -0.341. The highest BCUT2D eigenvalue weighted by Crippen LogP contribution is 2.27. The zero-order valence-corrected chi connectivity index (χ0v) is 19.7. The molecule has 3 aromatic carbocycles. The van der Waals surface area contributed by atoms with E-state index >= 15 is 0 Å². The summed E-state index contributed by atoms with van der Waals surface area (Å²) in [5.41, 5.74) is 1.82. The first-order chi connectivity index (χ1) is 16.5. The van der Waals surface area contributed by atoms with Crippen LogP contribution in [0.4, 0.5) is 0 Å². The second kappa shape index (κ2) is 9.80. The van der Waals surface area contributed by atoms with Crippen molar-refractivity contribution in [1.82, 2.24) is 14.9 Å². The first-order valence-corrected chi connectivity index (χ1v) is 10.8. The lowest BCUT2D eigenvalue weighted by Crippen LogP contribution is -2.24. The van der Waals surface area contributed by atoms with Crippen LogP contribution in [0, 0.1) is 4.77 Å². The molecule has 0 saturated heterocycles. The molecule has 0 aliphatic rings. The smallest absolute Gasteiger partial charge is 0.266 e. The van der Waals surface area contributed by atoms with Gasteiger partial charge in [-0.2, -0.15) is 0 Å². The number of methoxy groups -OCH3 is 3. The molecule has 0 fully saturated rings. The number of ether oxygens (including phenoxy) is 3. The van der Waals surface area contributed by atoms with Crippen molar-refractivity contribution in [1.29, 1.82) is 0 Å². The van der Waals surface area contributed by atoms with E-state index in [1.54, 1.807) is 43.5 Å². The van der Waals surface area contributed by atoms with Gasteiger partial charge in [0, 0.05) is 23.7 Å². The van der Waals surface area contributed by atoms with Gasteiger partial charge in [-0.15, -0.1) is 0 Å². The topological polar surface area (TPSA) is 94.6 Å². The van der Waals surface area contributed by atoms with Gasteiger partial charge in [-0.25, -0.2) is 4.57 Å². The minimum Gasteiger partial charge on any atom is -0.497 e. The predicted octanol–water partition coefficient (Wildman–Crippen LogP) is 4.00. The Hall–Kier alpha value is -4.11. The third-order valence-corrected chi connectivity index (χ3v) is 5.70. The van der Waals surface area contributed by atoms with Crippen molar-refractivity contribution >= 4 is 29.0 Å². The van der Waals surface area contributed by atoms with Gasteiger partial charge in [-0.3, -0.25) is 9.59 Å². The van der Waals surface area contributed by atoms with E-state index < -0.39 is 0 Å². The van der Waals surface area contributed by atoms with Crippen molar-refractivity contribution in [2.75, 3.05) is 21.3 Å². The summed E-state index contributed by atoms with van der Waals surface area (Å²) in [5.74, 6) is 1.43. The summed E-state index contributed by atoms with van der Waals surface area (Å²) in [6.07, 6.45) is 0. The number of para-hydroxylation sites is 1. The highest BCUT2D eigenvalue weighted by Gasteiger charge is 2.15. The number of nitrogens with one attached hydrogen (secondary N) is 2. The number of hydrogen-bond acceptors (Lipinski definition) is 6. The zero-order chi connectivity index (χ0) is 24.2. The number of amides is 1.